The summed E-state index contributed by atoms with van der Waals surface area (Å²) in [5.74, 6) is 0.762. The Hall–Kier alpha value is -4.24. The highest BCUT2D eigenvalue weighted by molar-refractivity contribution is 5.96. The summed E-state index contributed by atoms with van der Waals surface area (Å²) < 4.78 is 0. The van der Waals surface area contributed by atoms with Gasteiger partial charge in [0.15, 0.2) is 0 Å². The first-order chi connectivity index (χ1) is 25.3. The number of amides is 2. The van der Waals surface area contributed by atoms with Gasteiger partial charge in [0.25, 0.3) is 5.91 Å². The van der Waals surface area contributed by atoms with Gasteiger partial charge in [0.05, 0.1) is 11.5 Å². The van der Waals surface area contributed by atoms with Crippen molar-refractivity contribution in [1.82, 2.24) is 30.5 Å². The van der Waals surface area contributed by atoms with Crippen LogP contribution in [0.15, 0.2) is 54.2 Å². The Morgan fingerprint density at radius 3 is 2.26 bits per heavy atom. The van der Waals surface area contributed by atoms with Crippen LogP contribution in [0.1, 0.15) is 91.6 Å². The summed E-state index contributed by atoms with van der Waals surface area (Å²) >= 11 is 0. The van der Waals surface area contributed by atoms with Gasteiger partial charge < -0.3 is 30.5 Å². The molecule has 1 aliphatic rings. The van der Waals surface area contributed by atoms with Gasteiger partial charge in [0.1, 0.15) is 12.6 Å². The Morgan fingerprint density at radius 1 is 1.04 bits per heavy atom. The third-order valence-corrected chi connectivity index (χ3v) is 9.36. The van der Waals surface area contributed by atoms with Crippen LogP contribution in [-0.2, 0) is 35.9 Å². The standard InChI is InChI=1S/C31H47N5O2.C7H12N2O.C4H9N/c1-8-23-11-12-27-20-31(19-22(4)32-9-2,30(33-21-37)34-36(7)10-3)28-16-15-26(29(38)35(5)6)18-25(28)14-13-24(27)17-23;1-9(7-10)6-4-2-3-5-8;1-4-5(2)3/h11-12,15-18,22,32,37H,8-10,13-14,19-21H2,1-7H3,(H,33,34);7H,2-4,6H2,1H3;4H,1H2,2-3H3. The zero-order chi connectivity index (χ0) is 40.0. The Balaban J connectivity index is 0.000000784. The minimum Gasteiger partial charge on any atom is -0.384 e. The molecule has 294 valence electrons. The maximum atomic E-state index is 13.0. The zero-order valence-electron chi connectivity index (χ0n) is 34.3. The molecule has 11 heteroatoms. The molecule has 2 aromatic rings. The second kappa shape index (κ2) is 24.9. The summed E-state index contributed by atoms with van der Waals surface area (Å²) in [6.45, 7) is 14.2. The van der Waals surface area contributed by atoms with Crippen LogP contribution in [0.5, 0.6) is 0 Å². The molecule has 11 nitrogen and oxygen atoms in total. The lowest BCUT2D eigenvalue weighted by molar-refractivity contribution is -0.117. The Bertz CT molecular complexity index is 1490. The van der Waals surface area contributed by atoms with Crippen LogP contribution in [0.2, 0.25) is 0 Å². The Labute approximate surface area is 320 Å². The van der Waals surface area contributed by atoms with Gasteiger partial charge in [0, 0.05) is 73.4 Å². The van der Waals surface area contributed by atoms with Crippen LogP contribution in [-0.4, -0.2) is 118 Å². The molecule has 0 radical (unpaired) electrons. The number of carbonyl (C=O) groups is 2. The van der Waals surface area contributed by atoms with E-state index >= 15 is 0 Å². The number of nitriles is 1. The first kappa shape index (κ1) is 46.8. The number of aliphatic hydroxyl groups excluding tert-OH is 1. The number of carbonyl (C=O) groups excluding carboxylic acids is 2. The average molecular weight is 733 g/mol. The van der Waals surface area contributed by atoms with Gasteiger partial charge in [0.2, 0.25) is 6.41 Å². The highest BCUT2D eigenvalue weighted by Crippen LogP contribution is 2.40. The smallest absolute Gasteiger partial charge is 0.253 e. The summed E-state index contributed by atoms with van der Waals surface area (Å²) in [6.07, 6.45) is 9.22. The number of hydrogen-bond donors (Lipinski definition) is 3. The number of nitrogens with one attached hydrogen (secondary N) is 2. The highest BCUT2D eigenvalue weighted by Gasteiger charge is 2.43. The topological polar surface area (TPSA) is 128 Å². The molecule has 3 N–H and O–H groups in total. The van der Waals surface area contributed by atoms with E-state index < -0.39 is 5.41 Å². The molecule has 0 heterocycles. The lowest BCUT2D eigenvalue weighted by Gasteiger charge is -2.42. The summed E-state index contributed by atoms with van der Waals surface area (Å²) in [5, 5.41) is 23.9. The van der Waals surface area contributed by atoms with E-state index in [-0.39, 0.29) is 18.7 Å². The van der Waals surface area contributed by atoms with Gasteiger partial charge in [-0.15, -0.1) is 0 Å². The van der Waals surface area contributed by atoms with Crippen molar-refractivity contribution >= 4 is 18.2 Å². The number of aliphatic imine (C=N–C) groups is 1. The van der Waals surface area contributed by atoms with Crippen molar-refractivity contribution < 1.29 is 14.7 Å². The normalized spacial score (nSPS) is 15.3. The molecular weight excluding hydrogens is 665 g/mol. The number of aliphatic hydroxyl groups is 1. The molecule has 2 unspecified atom stereocenters. The molecule has 53 heavy (non-hydrogen) atoms. The third-order valence-electron chi connectivity index (χ3n) is 9.36. The zero-order valence-corrected chi connectivity index (χ0v) is 34.3. The summed E-state index contributed by atoms with van der Waals surface area (Å²) in [5.41, 5.74) is 10.1. The molecule has 0 aliphatic heterocycles. The third kappa shape index (κ3) is 15.3. The molecule has 0 spiro atoms. The molecule has 0 bridgehead atoms. The second-order valence-electron chi connectivity index (χ2n) is 14.1. The van der Waals surface area contributed by atoms with Gasteiger partial charge >= 0.3 is 0 Å². The Kier molecular flexibility index (Phi) is 22.0. The molecular formula is C42H68N8O3. The monoisotopic (exact) mass is 733 g/mol. The van der Waals surface area contributed by atoms with Crippen molar-refractivity contribution in [3.8, 4) is 6.07 Å². The maximum absolute atomic E-state index is 13.0. The summed E-state index contributed by atoms with van der Waals surface area (Å²) in [6, 6.07) is 15.3. The van der Waals surface area contributed by atoms with Crippen molar-refractivity contribution in [2.75, 3.05) is 68.7 Å². The van der Waals surface area contributed by atoms with E-state index in [1.807, 2.05) is 37.1 Å². The number of aryl methyl sites for hydroxylation is 3. The minimum absolute atomic E-state index is 0.00300. The van der Waals surface area contributed by atoms with Crippen molar-refractivity contribution in [1.29, 1.82) is 5.26 Å². The lowest BCUT2D eigenvalue weighted by Crippen LogP contribution is -2.54. The SMILES string of the molecule is C=CN(C)C.CCNC(C)CC1(/C(=N/CO)NN(C)CC)Cc2ccc(CC)cc2CCc2cc(C(=O)N(C)C)ccc21.CN(C=O)CCCCC#N. The predicted molar refractivity (Wildman–Crippen MR) is 219 cm³/mol. The van der Waals surface area contributed by atoms with E-state index in [1.165, 1.54) is 27.8 Å². The minimum atomic E-state index is -0.536. The lowest BCUT2D eigenvalue weighted by atomic mass is 9.66. The van der Waals surface area contributed by atoms with E-state index in [9.17, 15) is 14.7 Å². The van der Waals surface area contributed by atoms with Crippen molar-refractivity contribution in [2.45, 2.75) is 90.5 Å². The van der Waals surface area contributed by atoms with Crippen LogP contribution in [0.3, 0.4) is 0 Å². The molecule has 0 fully saturated rings. The fourth-order valence-corrected chi connectivity index (χ4v) is 6.33. The Morgan fingerprint density at radius 2 is 1.72 bits per heavy atom. The molecule has 2 atom stereocenters. The van der Waals surface area contributed by atoms with Crippen LogP contribution >= 0.6 is 0 Å². The van der Waals surface area contributed by atoms with Gasteiger partial charge in [-0.1, -0.05) is 51.6 Å². The van der Waals surface area contributed by atoms with Gasteiger partial charge in [-0.05, 0) is 105 Å². The van der Waals surface area contributed by atoms with E-state index in [0.29, 0.717) is 12.0 Å². The van der Waals surface area contributed by atoms with E-state index in [0.717, 1.165) is 76.8 Å². The van der Waals surface area contributed by atoms with Gasteiger partial charge in [-0.3, -0.25) is 9.59 Å². The van der Waals surface area contributed by atoms with Crippen molar-refractivity contribution in [2.24, 2.45) is 4.99 Å². The number of hydrogen-bond acceptors (Lipinski definition) is 8. The molecule has 1 aliphatic carbocycles. The fraction of sp³-hybridized carbons (Fsp3) is 0.571. The fourth-order valence-electron chi connectivity index (χ4n) is 6.33. The maximum Gasteiger partial charge on any atom is 0.253 e. The number of hydrazine groups is 1. The quantitative estimate of drug-likeness (QED) is 0.0709. The van der Waals surface area contributed by atoms with Crippen molar-refractivity contribution in [3.63, 3.8) is 0 Å². The predicted octanol–water partition coefficient (Wildman–Crippen LogP) is 5.18. The van der Waals surface area contributed by atoms with Crippen molar-refractivity contribution in [3.05, 3.63) is 82.6 Å². The number of rotatable bonds is 16. The average Bonchev–Trinajstić information content (AvgIpc) is 3.14. The summed E-state index contributed by atoms with van der Waals surface area (Å²) in [7, 11) is 11.2. The highest BCUT2D eigenvalue weighted by atomic mass is 16.3. The van der Waals surface area contributed by atoms with Crippen LogP contribution in [0.25, 0.3) is 0 Å². The van der Waals surface area contributed by atoms with Gasteiger partial charge in [-0.2, -0.15) is 5.26 Å². The van der Waals surface area contributed by atoms with E-state index in [4.69, 9.17) is 10.3 Å². The second-order valence-corrected chi connectivity index (χ2v) is 14.1. The largest absolute Gasteiger partial charge is 0.384 e. The molecule has 2 amide bonds. The first-order valence-corrected chi connectivity index (χ1v) is 18.9. The number of benzene rings is 2. The first-order valence-electron chi connectivity index (χ1n) is 18.9. The number of amidine groups is 1. The molecule has 0 saturated heterocycles. The van der Waals surface area contributed by atoms with E-state index in [2.05, 4.69) is 81.4 Å². The van der Waals surface area contributed by atoms with Crippen LogP contribution in [0.4, 0.5) is 0 Å². The molecule has 0 saturated carbocycles. The van der Waals surface area contributed by atoms with Gasteiger partial charge in [-0.25, -0.2) is 10.0 Å². The van der Waals surface area contributed by atoms with Crippen LogP contribution in [0, 0.1) is 11.3 Å². The number of unbranched alkanes of at least 4 members (excludes halogenated alkanes) is 2. The molecule has 3 rings (SSSR count). The molecule has 0 aromatic heterocycles. The van der Waals surface area contributed by atoms with Crippen LogP contribution < -0.4 is 10.7 Å². The summed E-state index contributed by atoms with van der Waals surface area (Å²) in [4.78, 5) is 32.8. The molecule has 2 aromatic carbocycles. The number of fused-ring (bicyclic) bond motifs is 2. The van der Waals surface area contributed by atoms with E-state index in [1.54, 1.807) is 37.1 Å². The number of nitrogens with zero attached hydrogens (tertiary/aromatic N) is 6.